The number of fused-ring (bicyclic) bond motifs is 1. The van der Waals surface area contributed by atoms with Gasteiger partial charge < -0.3 is 5.32 Å². The van der Waals surface area contributed by atoms with Crippen molar-refractivity contribution < 1.29 is 0 Å². The van der Waals surface area contributed by atoms with Crippen LogP contribution in [0.1, 0.15) is 5.01 Å². The van der Waals surface area contributed by atoms with Crippen molar-refractivity contribution in [1.29, 1.82) is 0 Å². The smallest absolute Gasteiger partial charge is 0.182 e. The third-order valence-corrected chi connectivity index (χ3v) is 3.79. The van der Waals surface area contributed by atoms with Gasteiger partial charge in [-0.25, -0.2) is 9.97 Å². The van der Waals surface area contributed by atoms with Crippen molar-refractivity contribution in [2.75, 3.05) is 12.4 Å². The molecular weight excluding hydrogens is 250 g/mol. The molecule has 2 heterocycles. The van der Waals surface area contributed by atoms with E-state index in [1.165, 1.54) is 4.70 Å². The summed E-state index contributed by atoms with van der Waals surface area (Å²) in [5.74, 6) is 0. The maximum atomic E-state index is 4.33. The van der Waals surface area contributed by atoms with Crippen LogP contribution in [0.3, 0.4) is 0 Å². The molecule has 0 spiro atoms. The number of aromatic nitrogens is 2. The first-order chi connectivity index (χ1) is 8.29. The third kappa shape index (κ3) is 3.25. The number of rotatable bonds is 1. The van der Waals surface area contributed by atoms with Crippen LogP contribution in [-0.4, -0.2) is 17.0 Å². The topological polar surface area (TPSA) is 37.8 Å². The molecule has 0 bridgehead atoms. The van der Waals surface area contributed by atoms with E-state index in [4.69, 9.17) is 0 Å². The van der Waals surface area contributed by atoms with Gasteiger partial charge in [0.05, 0.1) is 15.2 Å². The fraction of sp³-hybridized carbons (Fsp3) is 0.167. The minimum absolute atomic E-state index is 0.972. The average molecular weight is 263 g/mol. The van der Waals surface area contributed by atoms with Crippen molar-refractivity contribution in [2.24, 2.45) is 0 Å². The average Bonchev–Trinajstić information content (AvgIpc) is 2.96. The molecule has 0 saturated heterocycles. The van der Waals surface area contributed by atoms with Crippen molar-refractivity contribution >= 4 is 38.0 Å². The van der Waals surface area contributed by atoms with Crippen molar-refractivity contribution in [3.05, 3.63) is 40.8 Å². The normalized spacial score (nSPS) is 9.76. The lowest BCUT2D eigenvalue weighted by Gasteiger charge is -1.84. The Morgan fingerprint density at radius 2 is 2.06 bits per heavy atom. The molecular formula is C12H13N3S2. The zero-order chi connectivity index (χ0) is 12.1. The van der Waals surface area contributed by atoms with Crippen molar-refractivity contribution in [3.63, 3.8) is 0 Å². The number of hydrogen-bond acceptors (Lipinski definition) is 5. The van der Waals surface area contributed by atoms with Gasteiger partial charge in [0.15, 0.2) is 5.13 Å². The minimum Gasteiger partial charge on any atom is -0.365 e. The quantitative estimate of drug-likeness (QED) is 0.726. The molecule has 0 saturated carbocycles. The van der Waals surface area contributed by atoms with Crippen LogP contribution in [0.5, 0.6) is 0 Å². The molecule has 3 nitrogen and oxygen atoms in total. The van der Waals surface area contributed by atoms with Gasteiger partial charge in [0.1, 0.15) is 0 Å². The number of anilines is 1. The molecule has 0 aliphatic heterocycles. The van der Waals surface area contributed by atoms with E-state index in [2.05, 4.69) is 21.4 Å². The highest BCUT2D eigenvalue weighted by molar-refractivity contribution is 7.18. The van der Waals surface area contributed by atoms with E-state index in [0.717, 1.165) is 15.7 Å². The van der Waals surface area contributed by atoms with Crippen LogP contribution in [0.25, 0.3) is 10.2 Å². The molecule has 17 heavy (non-hydrogen) atoms. The Morgan fingerprint density at radius 1 is 1.24 bits per heavy atom. The van der Waals surface area contributed by atoms with Gasteiger partial charge in [0.25, 0.3) is 0 Å². The standard InChI is InChI=1S/C8H7NS.C4H6N2S/c1-6-9-7-4-2-3-5-8(7)10-6;1-5-4-6-2-3-7-4/h2-5H,1H3;2-3H,1H3,(H,5,6). The van der Waals surface area contributed by atoms with Gasteiger partial charge in [-0.3, -0.25) is 0 Å². The van der Waals surface area contributed by atoms with Gasteiger partial charge in [-0.1, -0.05) is 12.1 Å². The fourth-order valence-corrected chi connectivity index (χ4v) is 2.65. The predicted octanol–water partition coefficient (Wildman–Crippen LogP) is 3.79. The summed E-state index contributed by atoms with van der Waals surface area (Å²) in [6, 6.07) is 8.19. The summed E-state index contributed by atoms with van der Waals surface area (Å²) in [7, 11) is 1.86. The van der Waals surface area contributed by atoms with Crippen molar-refractivity contribution in [3.8, 4) is 0 Å². The Morgan fingerprint density at radius 3 is 2.65 bits per heavy atom. The molecule has 88 valence electrons. The molecule has 0 atom stereocenters. The van der Waals surface area contributed by atoms with Gasteiger partial charge in [0, 0.05) is 18.6 Å². The molecule has 0 aliphatic rings. The van der Waals surface area contributed by atoms with Crippen LogP contribution in [0.4, 0.5) is 5.13 Å². The highest BCUT2D eigenvalue weighted by atomic mass is 32.1. The van der Waals surface area contributed by atoms with E-state index in [1.807, 2.05) is 37.6 Å². The molecule has 0 fully saturated rings. The van der Waals surface area contributed by atoms with Crippen molar-refractivity contribution in [1.82, 2.24) is 9.97 Å². The molecule has 1 aromatic carbocycles. The Balaban J connectivity index is 0.000000136. The van der Waals surface area contributed by atoms with E-state index in [0.29, 0.717) is 0 Å². The second-order valence-electron chi connectivity index (χ2n) is 3.29. The Labute approximate surface area is 108 Å². The first-order valence-corrected chi connectivity index (χ1v) is 6.88. The highest BCUT2D eigenvalue weighted by Crippen LogP contribution is 2.19. The summed E-state index contributed by atoms with van der Waals surface area (Å²) < 4.78 is 1.28. The monoisotopic (exact) mass is 263 g/mol. The Kier molecular flexibility index (Phi) is 4.06. The summed E-state index contributed by atoms with van der Waals surface area (Å²) in [6.07, 6.45) is 1.77. The minimum atomic E-state index is 0.972. The second-order valence-corrected chi connectivity index (χ2v) is 5.42. The van der Waals surface area contributed by atoms with Gasteiger partial charge in [0.2, 0.25) is 0 Å². The number of para-hydroxylation sites is 1. The number of benzene rings is 1. The van der Waals surface area contributed by atoms with E-state index >= 15 is 0 Å². The Bertz CT molecular complexity index is 539. The summed E-state index contributed by atoms with van der Waals surface area (Å²) in [4.78, 5) is 8.27. The number of hydrogen-bond donors (Lipinski definition) is 1. The maximum absolute atomic E-state index is 4.33. The van der Waals surface area contributed by atoms with E-state index in [9.17, 15) is 0 Å². The number of thiazole rings is 2. The molecule has 0 aliphatic carbocycles. The highest BCUT2D eigenvalue weighted by Gasteiger charge is 1.95. The van der Waals surface area contributed by atoms with E-state index in [-0.39, 0.29) is 0 Å². The van der Waals surface area contributed by atoms with Gasteiger partial charge >= 0.3 is 0 Å². The lowest BCUT2D eigenvalue weighted by molar-refractivity contribution is 1.35. The molecule has 3 aromatic rings. The van der Waals surface area contributed by atoms with Gasteiger partial charge in [-0.15, -0.1) is 22.7 Å². The van der Waals surface area contributed by atoms with Crippen LogP contribution in [0.2, 0.25) is 0 Å². The first kappa shape index (κ1) is 12.0. The van der Waals surface area contributed by atoms with Gasteiger partial charge in [-0.2, -0.15) is 0 Å². The van der Waals surface area contributed by atoms with Crippen molar-refractivity contribution in [2.45, 2.75) is 6.92 Å². The van der Waals surface area contributed by atoms with Crippen LogP contribution in [0, 0.1) is 6.92 Å². The Hall–Kier alpha value is -1.46. The lowest BCUT2D eigenvalue weighted by Crippen LogP contribution is -1.83. The summed E-state index contributed by atoms with van der Waals surface area (Å²) >= 11 is 3.34. The molecule has 3 rings (SSSR count). The zero-order valence-corrected chi connectivity index (χ0v) is 11.3. The molecule has 0 amide bonds. The van der Waals surface area contributed by atoms with E-state index < -0.39 is 0 Å². The zero-order valence-electron chi connectivity index (χ0n) is 9.68. The third-order valence-electron chi connectivity index (χ3n) is 2.05. The SMILES string of the molecule is CNc1nccs1.Cc1nc2ccccc2s1. The van der Waals surface area contributed by atoms with Crippen LogP contribution in [-0.2, 0) is 0 Å². The van der Waals surface area contributed by atoms with Crippen LogP contribution in [0.15, 0.2) is 35.8 Å². The van der Waals surface area contributed by atoms with Crippen LogP contribution >= 0.6 is 22.7 Å². The summed E-state index contributed by atoms with van der Waals surface area (Å²) in [5.41, 5.74) is 1.12. The largest absolute Gasteiger partial charge is 0.365 e. The number of aryl methyl sites for hydroxylation is 1. The first-order valence-electron chi connectivity index (χ1n) is 5.19. The molecule has 5 heteroatoms. The molecule has 2 aromatic heterocycles. The predicted molar refractivity (Wildman–Crippen MR) is 76.0 cm³/mol. The molecule has 0 unspecified atom stereocenters. The van der Waals surface area contributed by atoms with Crippen LogP contribution < -0.4 is 5.32 Å². The van der Waals surface area contributed by atoms with Gasteiger partial charge in [-0.05, 0) is 19.1 Å². The van der Waals surface area contributed by atoms with E-state index in [1.54, 1.807) is 28.9 Å². The maximum Gasteiger partial charge on any atom is 0.182 e. The number of nitrogens with one attached hydrogen (secondary N) is 1. The molecule has 1 N–H and O–H groups in total. The molecule has 0 radical (unpaired) electrons. The summed E-state index contributed by atoms with van der Waals surface area (Å²) in [5, 5.41) is 6.96. The second kappa shape index (κ2) is 5.75. The summed E-state index contributed by atoms with van der Waals surface area (Å²) in [6.45, 7) is 2.03. The lowest BCUT2D eigenvalue weighted by atomic mass is 10.3. The number of nitrogens with zero attached hydrogens (tertiary/aromatic N) is 2. The fourth-order valence-electron chi connectivity index (χ4n) is 1.33.